The van der Waals surface area contributed by atoms with Crippen molar-refractivity contribution in [2.45, 2.75) is 52.6 Å². The molecule has 2 rings (SSSR count). The number of hydrogen-bond acceptors (Lipinski definition) is 2. The van der Waals surface area contributed by atoms with Crippen LogP contribution in [0.3, 0.4) is 0 Å². The van der Waals surface area contributed by atoms with Gasteiger partial charge in [0.25, 0.3) is 0 Å². The Bertz CT molecular complexity index is 385. The van der Waals surface area contributed by atoms with Crippen LogP contribution in [0.2, 0.25) is 0 Å². The third-order valence-corrected chi connectivity index (χ3v) is 3.75. The first-order valence-electron chi connectivity index (χ1n) is 7.25. The maximum absolute atomic E-state index is 3.64. The zero-order valence-corrected chi connectivity index (χ0v) is 11.9. The quantitative estimate of drug-likeness (QED) is 0.802. The Morgan fingerprint density at radius 1 is 1.22 bits per heavy atom. The number of fused-ring (bicyclic) bond motifs is 1. The van der Waals surface area contributed by atoms with Crippen LogP contribution in [-0.2, 0) is 13.0 Å². The van der Waals surface area contributed by atoms with E-state index in [9.17, 15) is 0 Å². The minimum absolute atomic E-state index is 0.602. The van der Waals surface area contributed by atoms with Crippen molar-refractivity contribution in [3.8, 4) is 0 Å². The second kappa shape index (κ2) is 6.24. The van der Waals surface area contributed by atoms with Gasteiger partial charge in [-0.2, -0.15) is 0 Å². The molecular formula is C16H26N2. The number of para-hydroxylation sites is 1. The Kier molecular flexibility index (Phi) is 4.65. The molecule has 1 aliphatic heterocycles. The largest absolute Gasteiger partial charge is 0.384 e. The smallest absolute Gasteiger partial charge is 0.0419 e. The molecule has 0 radical (unpaired) electrons. The molecule has 2 heteroatoms. The highest BCUT2D eigenvalue weighted by Gasteiger charge is 2.13. The Morgan fingerprint density at radius 2 is 2.06 bits per heavy atom. The van der Waals surface area contributed by atoms with E-state index in [1.807, 2.05) is 0 Å². The summed E-state index contributed by atoms with van der Waals surface area (Å²) in [4.78, 5) is 0. The summed E-state index contributed by atoms with van der Waals surface area (Å²) in [5.74, 6) is 0.803. The van der Waals surface area contributed by atoms with Crippen molar-refractivity contribution in [3.63, 3.8) is 0 Å². The van der Waals surface area contributed by atoms with E-state index < -0.39 is 0 Å². The third kappa shape index (κ3) is 3.49. The molecule has 1 atom stereocenters. The van der Waals surface area contributed by atoms with E-state index in [1.165, 1.54) is 36.1 Å². The van der Waals surface area contributed by atoms with Crippen LogP contribution in [-0.4, -0.2) is 12.6 Å². The summed E-state index contributed by atoms with van der Waals surface area (Å²) in [6.07, 6.45) is 3.74. The van der Waals surface area contributed by atoms with Crippen molar-refractivity contribution in [1.29, 1.82) is 0 Å². The molecule has 1 aliphatic rings. The molecule has 1 aromatic rings. The van der Waals surface area contributed by atoms with Crippen LogP contribution in [0.15, 0.2) is 18.2 Å². The van der Waals surface area contributed by atoms with Gasteiger partial charge in [-0.1, -0.05) is 32.0 Å². The van der Waals surface area contributed by atoms with Crippen LogP contribution in [0.5, 0.6) is 0 Å². The van der Waals surface area contributed by atoms with Gasteiger partial charge in [0.2, 0.25) is 0 Å². The first-order valence-corrected chi connectivity index (χ1v) is 7.25. The summed E-state index contributed by atoms with van der Waals surface area (Å²) in [5.41, 5.74) is 4.27. The lowest BCUT2D eigenvalue weighted by molar-refractivity contribution is 0.451. The Hall–Kier alpha value is -1.02. The predicted octanol–water partition coefficient (Wildman–Crippen LogP) is 3.57. The molecule has 0 saturated carbocycles. The van der Waals surface area contributed by atoms with E-state index in [1.54, 1.807) is 0 Å². The lowest BCUT2D eigenvalue weighted by Crippen LogP contribution is -2.26. The Morgan fingerprint density at radius 3 is 2.83 bits per heavy atom. The minimum atomic E-state index is 0.602. The summed E-state index contributed by atoms with van der Waals surface area (Å²) < 4.78 is 0. The molecule has 1 unspecified atom stereocenters. The summed E-state index contributed by atoms with van der Waals surface area (Å²) in [5, 5.41) is 7.15. The normalized spacial score (nSPS) is 15.6. The van der Waals surface area contributed by atoms with Gasteiger partial charge >= 0.3 is 0 Å². The average Bonchev–Trinajstić information content (AvgIpc) is 2.82. The van der Waals surface area contributed by atoms with Crippen molar-refractivity contribution in [2.75, 3.05) is 11.9 Å². The average molecular weight is 246 g/mol. The van der Waals surface area contributed by atoms with Crippen molar-refractivity contribution >= 4 is 5.69 Å². The SMILES string of the molecule is CC(C)CCC(C)NCc1cccc2c1NCC2. The first kappa shape index (κ1) is 13.4. The lowest BCUT2D eigenvalue weighted by Gasteiger charge is -2.16. The number of rotatable bonds is 6. The molecule has 2 nitrogen and oxygen atoms in total. The fourth-order valence-corrected chi connectivity index (χ4v) is 2.53. The standard InChI is InChI=1S/C16H26N2/c1-12(2)7-8-13(3)18-11-15-6-4-5-14-9-10-17-16(14)15/h4-6,12-13,17-18H,7-11H2,1-3H3. The van der Waals surface area contributed by atoms with E-state index in [2.05, 4.69) is 49.6 Å². The molecule has 0 amide bonds. The van der Waals surface area contributed by atoms with Crippen LogP contribution >= 0.6 is 0 Å². The van der Waals surface area contributed by atoms with Crippen molar-refractivity contribution in [2.24, 2.45) is 5.92 Å². The van der Waals surface area contributed by atoms with E-state index in [-0.39, 0.29) is 0 Å². The third-order valence-electron chi connectivity index (χ3n) is 3.75. The van der Waals surface area contributed by atoms with Gasteiger partial charge in [-0.25, -0.2) is 0 Å². The van der Waals surface area contributed by atoms with E-state index in [0.717, 1.165) is 19.0 Å². The van der Waals surface area contributed by atoms with E-state index in [4.69, 9.17) is 0 Å². The molecule has 0 fully saturated rings. The zero-order valence-electron chi connectivity index (χ0n) is 11.9. The van der Waals surface area contributed by atoms with Gasteiger partial charge in [-0.15, -0.1) is 0 Å². The van der Waals surface area contributed by atoms with Crippen molar-refractivity contribution in [1.82, 2.24) is 5.32 Å². The molecule has 2 N–H and O–H groups in total. The van der Waals surface area contributed by atoms with Crippen LogP contribution in [0.25, 0.3) is 0 Å². The van der Waals surface area contributed by atoms with Crippen LogP contribution < -0.4 is 10.6 Å². The monoisotopic (exact) mass is 246 g/mol. The highest BCUT2D eigenvalue weighted by atomic mass is 14.9. The molecule has 1 heterocycles. The molecule has 0 bridgehead atoms. The van der Waals surface area contributed by atoms with Crippen LogP contribution in [0.1, 0.15) is 44.7 Å². The number of benzene rings is 1. The highest BCUT2D eigenvalue weighted by Crippen LogP contribution is 2.26. The second-order valence-electron chi connectivity index (χ2n) is 5.88. The van der Waals surface area contributed by atoms with Crippen LogP contribution in [0, 0.1) is 5.92 Å². The zero-order chi connectivity index (χ0) is 13.0. The van der Waals surface area contributed by atoms with Gasteiger partial charge in [0.05, 0.1) is 0 Å². The molecule has 0 saturated heterocycles. The Balaban J connectivity index is 1.85. The van der Waals surface area contributed by atoms with Crippen LogP contribution in [0.4, 0.5) is 5.69 Å². The van der Waals surface area contributed by atoms with E-state index >= 15 is 0 Å². The van der Waals surface area contributed by atoms with Gasteiger partial charge < -0.3 is 10.6 Å². The Labute approximate surface area is 111 Å². The fraction of sp³-hybridized carbons (Fsp3) is 0.625. The minimum Gasteiger partial charge on any atom is -0.384 e. The summed E-state index contributed by atoms with van der Waals surface area (Å²) in [6.45, 7) is 8.95. The molecule has 0 spiro atoms. The van der Waals surface area contributed by atoms with Gasteiger partial charge in [0.15, 0.2) is 0 Å². The molecular weight excluding hydrogens is 220 g/mol. The highest BCUT2D eigenvalue weighted by molar-refractivity contribution is 5.61. The molecule has 100 valence electrons. The molecule has 0 aliphatic carbocycles. The predicted molar refractivity (Wildman–Crippen MR) is 79.0 cm³/mol. The van der Waals surface area contributed by atoms with E-state index in [0.29, 0.717) is 6.04 Å². The maximum Gasteiger partial charge on any atom is 0.0419 e. The van der Waals surface area contributed by atoms with Gasteiger partial charge in [-0.05, 0) is 43.2 Å². The fourth-order valence-electron chi connectivity index (χ4n) is 2.53. The van der Waals surface area contributed by atoms with Gasteiger partial charge in [-0.3, -0.25) is 0 Å². The first-order chi connectivity index (χ1) is 8.66. The summed E-state index contributed by atoms with van der Waals surface area (Å²) >= 11 is 0. The maximum atomic E-state index is 3.64. The topological polar surface area (TPSA) is 24.1 Å². The lowest BCUT2D eigenvalue weighted by atomic mass is 10.0. The molecule has 0 aromatic heterocycles. The summed E-state index contributed by atoms with van der Waals surface area (Å²) in [7, 11) is 0. The number of anilines is 1. The number of hydrogen-bond donors (Lipinski definition) is 2. The molecule has 18 heavy (non-hydrogen) atoms. The van der Waals surface area contributed by atoms with Crippen molar-refractivity contribution < 1.29 is 0 Å². The number of nitrogens with one attached hydrogen (secondary N) is 2. The molecule has 1 aromatic carbocycles. The van der Waals surface area contributed by atoms with Crippen molar-refractivity contribution in [3.05, 3.63) is 29.3 Å². The second-order valence-corrected chi connectivity index (χ2v) is 5.88. The summed E-state index contributed by atoms with van der Waals surface area (Å²) in [6, 6.07) is 7.26. The van der Waals surface area contributed by atoms with Gasteiger partial charge in [0, 0.05) is 24.8 Å². The van der Waals surface area contributed by atoms with Gasteiger partial charge in [0.1, 0.15) is 0 Å².